The van der Waals surface area contributed by atoms with Crippen LogP contribution < -0.4 is 4.74 Å². The van der Waals surface area contributed by atoms with Crippen molar-refractivity contribution >= 4 is 11.6 Å². The predicted octanol–water partition coefficient (Wildman–Crippen LogP) is 4.96. The van der Waals surface area contributed by atoms with Crippen molar-refractivity contribution in [2.45, 2.75) is 70.8 Å². The van der Waals surface area contributed by atoms with Gasteiger partial charge in [-0.25, -0.2) is 0 Å². The fourth-order valence-electron chi connectivity index (χ4n) is 4.12. The van der Waals surface area contributed by atoms with Crippen LogP contribution in [0.1, 0.15) is 55.7 Å². The molecule has 2 N–H and O–H groups in total. The Morgan fingerprint density at radius 3 is 2.52 bits per heavy atom. The Morgan fingerprint density at radius 2 is 1.89 bits per heavy atom. The second-order valence-electron chi connectivity index (χ2n) is 7.82. The highest BCUT2D eigenvalue weighted by Gasteiger charge is 2.41. The number of alkyl halides is 1. The highest BCUT2D eigenvalue weighted by atomic mass is 35.5. The third-order valence-corrected chi connectivity index (χ3v) is 6.25. The Labute approximate surface area is 169 Å². The molecule has 2 rings (SSSR count). The molecule has 1 aromatic rings. The van der Waals surface area contributed by atoms with Crippen LogP contribution >= 0.6 is 11.6 Å². The van der Waals surface area contributed by atoms with Crippen molar-refractivity contribution < 1.29 is 14.9 Å². The van der Waals surface area contributed by atoms with Crippen molar-refractivity contribution in [3.63, 3.8) is 0 Å². The van der Waals surface area contributed by atoms with Crippen molar-refractivity contribution in [3.05, 3.63) is 41.0 Å². The smallest absolute Gasteiger partial charge is 0.119 e. The largest absolute Gasteiger partial charge is 0.493 e. The average molecular weight is 395 g/mol. The van der Waals surface area contributed by atoms with E-state index in [0.717, 1.165) is 29.7 Å². The molecule has 0 aromatic heterocycles. The summed E-state index contributed by atoms with van der Waals surface area (Å²) in [6, 6.07) is 4.05. The number of ether oxygens (including phenoxy) is 1. The summed E-state index contributed by atoms with van der Waals surface area (Å²) >= 11 is 6.52. The second kappa shape index (κ2) is 11.1. The van der Waals surface area contributed by atoms with Gasteiger partial charge in [0.25, 0.3) is 0 Å². The Hall–Kier alpha value is -1.03. The maximum Gasteiger partial charge on any atom is 0.119 e. The Kier molecular flexibility index (Phi) is 9.14. The Balaban J connectivity index is 1.98. The van der Waals surface area contributed by atoms with Crippen molar-refractivity contribution in [2.75, 3.05) is 13.2 Å². The first-order chi connectivity index (χ1) is 13.0. The van der Waals surface area contributed by atoms with Gasteiger partial charge in [-0.3, -0.25) is 0 Å². The van der Waals surface area contributed by atoms with Gasteiger partial charge in [0, 0.05) is 17.9 Å². The average Bonchev–Trinajstić information content (AvgIpc) is 2.89. The molecule has 4 atom stereocenters. The topological polar surface area (TPSA) is 49.7 Å². The molecule has 1 fully saturated rings. The molecule has 0 amide bonds. The Morgan fingerprint density at radius 1 is 1.19 bits per heavy atom. The van der Waals surface area contributed by atoms with Gasteiger partial charge in [-0.15, -0.1) is 11.6 Å². The number of hydrogen-bond acceptors (Lipinski definition) is 3. The van der Waals surface area contributed by atoms with Crippen LogP contribution in [0.4, 0.5) is 0 Å². The minimum Gasteiger partial charge on any atom is -0.493 e. The molecule has 0 saturated heterocycles. The van der Waals surface area contributed by atoms with E-state index in [4.69, 9.17) is 16.3 Å². The number of allylic oxidation sites excluding steroid dienone is 2. The molecule has 1 unspecified atom stereocenters. The lowest BCUT2D eigenvalue weighted by molar-refractivity contribution is 0.0807. The van der Waals surface area contributed by atoms with Crippen LogP contribution in [0, 0.1) is 25.7 Å². The zero-order valence-corrected chi connectivity index (χ0v) is 17.7. The number of aryl methyl sites for hydroxylation is 2. The van der Waals surface area contributed by atoms with E-state index in [1.165, 1.54) is 18.4 Å². The molecule has 1 aliphatic carbocycles. The summed E-state index contributed by atoms with van der Waals surface area (Å²) in [4.78, 5) is 0. The van der Waals surface area contributed by atoms with Gasteiger partial charge in [-0.05, 0) is 74.3 Å². The highest BCUT2D eigenvalue weighted by molar-refractivity contribution is 6.21. The van der Waals surface area contributed by atoms with E-state index in [1.807, 2.05) is 26.0 Å². The number of hydrogen-bond donors (Lipinski definition) is 2. The normalized spacial score (nSPS) is 25.4. The molecule has 0 bridgehead atoms. The minimum atomic E-state index is -0.405. The van der Waals surface area contributed by atoms with Gasteiger partial charge in [0.1, 0.15) is 5.75 Å². The maximum absolute atomic E-state index is 10.5. The molecule has 0 aliphatic heterocycles. The van der Waals surface area contributed by atoms with E-state index in [0.29, 0.717) is 19.4 Å². The van der Waals surface area contributed by atoms with E-state index >= 15 is 0 Å². The summed E-state index contributed by atoms with van der Waals surface area (Å²) in [6.07, 6.45) is 9.78. The molecule has 152 valence electrons. The first-order valence-corrected chi connectivity index (χ1v) is 10.7. The quantitative estimate of drug-likeness (QED) is 0.335. The fourth-order valence-corrected chi connectivity index (χ4v) is 4.59. The number of aliphatic hydroxyl groups is 2. The molecule has 1 aliphatic rings. The summed E-state index contributed by atoms with van der Waals surface area (Å²) in [5, 5.41) is 19.7. The molecular weight excluding hydrogens is 360 g/mol. The molecule has 0 heterocycles. The summed E-state index contributed by atoms with van der Waals surface area (Å²) in [5.74, 6) is 1.13. The first-order valence-electron chi connectivity index (χ1n) is 10.3. The van der Waals surface area contributed by atoms with E-state index in [9.17, 15) is 10.2 Å². The molecule has 27 heavy (non-hydrogen) atoms. The van der Waals surface area contributed by atoms with Gasteiger partial charge in [0.05, 0.1) is 12.7 Å². The number of rotatable bonds is 10. The summed E-state index contributed by atoms with van der Waals surface area (Å²) in [5.41, 5.74) is 3.45. The lowest BCUT2D eigenvalue weighted by Crippen LogP contribution is -2.27. The number of benzene rings is 1. The number of unbranched alkanes of at least 4 members (excludes halogenated alkanes) is 2. The van der Waals surface area contributed by atoms with Crippen LogP contribution in [0.2, 0.25) is 0 Å². The van der Waals surface area contributed by atoms with E-state index < -0.39 is 6.10 Å². The van der Waals surface area contributed by atoms with Gasteiger partial charge in [-0.2, -0.15) is 0 Å². The number of aliphatic hydroxyl groups excluding tert-OH is 2. The zero-order valence-electron chi connectivity index (χ0n) is 17.0. The molecule has 1 aromatic carbocycles. The van der Waals surface area contributed by atoms with Crippen LogP contribution in [0.15, 0.2) is 24.3 Å². The molecule has 0 spiro atoms. The van der Waals surface area contributed by atoms with Crippen molar-refractivity contribution in [3.8, 4) is 5.75 Å². The Bertz CT molecular complexity index is 591. The van der Waals surface area contributed by atoms with Crippen molar-refractivity contribution in [1.29, 1.82) is 0 Å². The standard InChI is InChI=1S/C23H35ClO3/c1-4-5-6-7-8-9-20-21(23(26)14-22(20)24)15-27-18-12-16(2)19(10-11-25)17(3)13-18/h7-8,12-13,20-23,25-26H,4-6,9-11,14-15H2,1-3H3/b8-7-/t20-,21-,22?,23-/m1/s1. The van der Waals surface area contributed by atoms with Gasteiger partial charge < -0.3 is 14.9 Å². The summed E-state index contributed by atoms with van der Waals surface area (Å²) in [6.45, 7) is 6.93. The summed E-state index contributed by atoms with van der Waals surface area (Å²) < 4.78 is 6.07. The van der Waals surface area contributed by atoms with Gasteiger partial charge >= 0.3 is 0 Å². The van der Waals surface area contributed by atoms with Crippen molar-refractivity contribution in [1.82, 2.24) is 0 Å². The van der Waals surface area contributed by atoms with Crippen LogP contribution in [-0.4, -0.2) is 34.9 Å². The highest BCUT2D eigenvalue weighted by Crippen LogP contribution is 2.39. The van der Waals surface area contributed by atoms with Crippen LogP contribution in [-0.2, 0) is 6.42 Å². The molecule has 3 nitrogen and oxygen atoms in total. The zero-order chi connectivity index (χ0) is 19.8. The minimum absolute atomic E-state index is 0.000160. The third-order valence-electron chi connectivity index (χ3n) is 5.75. The van der Waals surface area contributed by atoms with Gasteiger partial charge in [0.15, 0.2) is 0 Å². The molecular formula is C23H35ClO3. The fraction of sp³-hybridized carbons (Fsp3) is 0.652. The van der Waals surface area contributed by atoms with Crippen LogP contribution in [0.25, 0.3) is 0 Å². The first kappa shape index (κ1) is 22.3. The van der Waals surface area contributed by atoms with E-state index in [-0.39, 0.29) is 23.8 Å². The lowest BCUT2D eigenvalue weighted by atomic mass is 9.92. The molecule has 0 radical (unpaired) electrons. The molecule has 4 heteroatoms. The van der Waals surface area contributed by atoms with E-state index in [2.05, 4.69) is 19.1 Å². The van der Waals surface area contributed by atoms with E-state index in [1.54, 1.807) is 0 Å². The SMILES string of the molecule is CCCC/C=C\C[C@H]1C(Cl)C[C@@H](O)[C@@H]1COc1cc(C)c(CCO)c(C)c1. The predicted molar refractivity (Wildman–Crippen MR) is 113 cm³/mol. The van der Waals surface area contributed by atoms with Crippen molar-refractivity contribution in [2.24, 2.45) is 11.8 Å². The summed E-state index contributed by atoms with van der Waals surface area (Å²) in [7, 11) is 0. The second-order valence-corrected chi connectivity index (χ2v) is 8.38. The maximum atomic E-state index is 10.5. The van der Waals surface area contributed by atoms with Crippen LogP contribution in [0.5, 0.6) is 5.75 Å². The lowest BCUT2D eigenvalue weighted by Gasteiger charge is -2.23. The monoisotopic (exact) mass is 394 g/mol. The van der Waals surface area contributed by atoms with Gasteiger partial charge in [-0.1, -0.05) is 31.9 Å². The van der Waals surface area contributed by atoms with Crippen LogP contribution in [0.3, 0.4) is 0 Å². The number of halogens is 1. The molecule has 1 saturated carbocycles. The third kappa shape index (κ3) is 6.23. The van der Waals surface area contributed by atoms with Gasteiger partial charge in [0.2, 0.25) is 0 Å².